The average Bonchev–Trinajstić information content (AvgIpc) is 2.60. The Labute approximate surface area is 104 Å². The van der Waals surface area contributed by atoms with E-state index >= 15 is 0 Å². The monoisotopic (exact) mass is 252 g/mol. The van der Waals surface area contributed by atoms with Gasteiger partial charge in [0.25, 0.3) is 5.56 Å². The normalized spacial score (nSPS) is 13.9. The summed E-state index contributed by atoms with van der Waals surface area (Å²) in [5, 5.41) is 8.25. The van der Waals surface area contributed by atoms with Crippen molar-refractivity contribution in [2.45, 2.75) is 33.7 Å². The summed E-state index contributed by atoms with van der Waals surface area (Å²) in [5.74, 6) is 0. The number of nitrogens with zero attached hydrogens (tertiary/aromatic N) is 3. The largest absolute Gasteiger partial charge is 0.357 e. The maximum atomic E-state index is 11.5. The first kappa shape index (κ1) is 12.0. The highest BCUT2D eigenvalue weighted by Crippen LogP contribution is 2.24. The molecule has 0 aliphatic rings. The zero-order chi connectivity index (χ0) is 12.6. The zero-order valence-electron chi connectivity index (χ0n) is 10.4. The molecule has 0 aliphatic heterocycles. The van der Waals surface area contributed by atoms with Gasteiger partial charge >= 0.3 is 0 Å². The van der Waals surface area contributed by atoms with Crippen molar-refractivity contribution in [2.75, 3.05) is 5.32 Å². The third-order valence-corrected chi connectivity index (χ3v) is 3.66. The SMILES string of the molecule is CC(Nc1nn2c(=O)ccnc2s1)C(C)(C)C. The molecule has 17 heavy (non-hydrogen) atoms. The molecule has 0 radical (unpaired) electrons. The van der Waals surface area contributed by atoms with Crippen LogP contribution in [0.15, 0.2) is 17.1 Å². The molecule has 0 aliphatic carbocycles. The second-order valence-electron chi connectivity index (χ2n) is 5.12. The number of hydrogen-bond acceptors (Lipinski definition) is 5. The molecule has 92 valence electrons. The van der Waals surface area contributed by atoms with E-state index in [1.807, 2.05) is 0 Å². The van der Waals surface area contributed by atoms with Crippen LogP contribution in [0.5, 0.6) is 0 Å². The van der Waals surface area contributed by atoms with Crippen molar-refractivity contribution in [3.63, 3.8) is 0 Å². The Morgan fingerprint density at radius 1 is 1.47 bits per heavy atom. The van der Waals surface area contributed by atoms with Gasteiger partial charge in [-0.15, -0.1) is 5.10 Å². The van der Waals surface area contributed by atoms with Gasteiger partial charge in [-0.2, -0.15) is 4.52 Å². The van der Waals surface area contributed by atoms with Crippen LogP contribution in [0.4, 0.5) is 5.13 Å². The number of nitrogens with one attached hydrogen (secondary N) is 1. The zero-order valence-corrected chi connectivity index (χ0v) is 11.2. The Morgan fingerprint density at radius 2 is 2.18 bits per heavy atom. The van der Waals surface area contributed by atoms with Crippen molar-refractivity contribution in [1.29, 1.82) is 0 Å². The van der Waals surface area contributed by atoms with E-state index in [1.165, 1.54) is 28.1 Å². The highest BCUT2D eigenvalue weighted by atomic mass is 32.1. The summed E-state index contributed by atoms with van der Waals surface area (Å²) in [7, 11) is 0. The molecule has 0 fully saturated rings. The van der Waals surface area contributed by atoms with E-state index in [9.17, 15) is 4.79 Å². The molecule has 1 N–H and O–H groups in total. The van der Waals surface area contributed by atoms with Crippen LogP contribution in [0.3, 0.4) is 0 Å². The minimum absolute atomic E-state index is 0.135. The molecular weight excluding hydrogens is 236 g/mol. The number of hydrogen-bond donors (Lipinski definition) is 1. The van der Waals surface area contributed by atoms with Gasteiger partial charge in [0.2, 0.25) is 10.1 Å². The quantitative estimate of drug-likeness (QED) is 0.888. The average molecular weight is 252 g/mol. The first-order valence-electron chi connectivity index (χ1n) is 5.49. The number of aromatic nitrogens is 3. The molecule has 1 atom stereocenters. The first-order chi connectivity index (χ1) is 7.88. The van der Waals surface area contributed by atoms with Crippen molar-refractivity contribution in [3.05, 3.63) is 22.6 Å². The van der Waals surface area contributed by atoms with Gasteiger partial charge in [-0.25, -0.2) is 4.98 Å². The third kappa shape index (κ3) is 2.46. The lowest BCUT2D eigenvalue weighted by atomic mass is 9.88. The highest BCUT2D eigenvalue weighted by molar-refractivity contribution is 7.20. The molecule has 0 spiro atoms. The third-order valence-electron chi connectivity index (χ3n) is 2.81. The summed E-state index contributed by atoms with van der Waals surface area (Å²) in [5.41, 5.74) is -0.0151. The summed E-state index contributed by atoms with van der Waals surface area (Å²) in [6.07, 6.45) is 1.51. The molecule has 2 heterocycles. The van der Waals surface area contributed by atoms with Crippen molar-refractivity contribution in [1.82, 2.24) is 14.6 Å². The number of anilines is 1. The minimum atomic E-state index is -0.150. The van der Waals surface area contributed by atoms with Gasteiger partial charge in [0.1, 0.15) is 0 Å². The molecular formula is C11H16N4OS. The highest BCUT2D eigenvalue weighted by Gasteiger charge is 2.21. The van der Waals surface area contributed by atoms with Crippen molar-refractivity contribution < 1.29 is 0 Å². The molecule has 6 heteroatoms. The van der Waals surface area contributed by atoms with Crippen LogP contribution < -0.4 is 10.9 Å². The van der Waals surface area contributed by atoms with Crippen LogP contribution in [-0.4, -0.2) is 20.6 Å². The van der Waals surface area contributed by atoms with Crippen molar-refractivity contribution in [3.8, 4) is 0 Å². The van der Waals surface area contributed by atoms with Crippen LogP contribution in [0, 0.1) is 5.41 Å². The fourth-order valence-electron chi connectivity index (χ4n) is 1.20. The second-order valence-corrected chi connectivity index (χ2v) is 6.07. The molecule has 0 bridgehead atoms. The summed E-state index contributed by atoms with van der Waals surface area (Å²) in [4.78, 5) is 16.2. The van der Waals surface area contributed by atoms with E-state index < -0.39 is 0 Å². The molecule has 2 aromatic heterocycles. The lowest BCUT2D eigenvalue weighted by Gasteiger charge is -2.27. The Kier molecular flexibility index (Phi) is 2.91. The van der Waals surface area contributed by atoms with Gasteiger partial charge in [0.15, 0.2) is 0 Å². The van der Waals surface area contributed by atoms with Gasteiger partial charge in [0, 0.05) is 18.3 Å². The molecule has 2 aromatic rings. The molecule has 0 aromatic carbocycles. The van der Waals surface area contributed by atoms with Gasteiger partial charge in [-0.3, -0.25) is 4.79 Å². The lowest BCUT2D eigenvalue weighted by molar-refractivity contribution is 0.359. The van der Waals surface area contributed by atoms with Crippen molar-refractivity contribution in [2.24, 2.45) is 5.41 Å². The molecule has 1 unspecified atom stereocenters. The van der Waals surface area contributed by atoms with E-state index in [0.717, 1.165) is 5.13 Å². The topological polar surface area (TPSA) is 59.3 Å². The van der Waals surface area contributed by atoms with E-state index in [1.54, 1.807) is 0 Å². The van der Waals surface area contributed by atoms with E-state index in [4.69, 9.17) is 0 Å². The molecule has 2 rings (SSSR count). The molecule has 0 saturated carbocycles. The van der Waals surface area contributed by atoms with Gasteiger partial charge < -0.3 is 5.32 Å². The Morgan fingerprint density at radius 3 is 2.76 bits per heavy atom. The number of rotatable bonds is 2. The van der Waals surface area contributed by atoms with E-state index in [2.05, 4.69) is 43.1 Å². The van der Waals surface area contributed by atoms with Gasteiger partial charge in [0.05, 0.1) is 0 Å². The predicted molar refractivity (Wildman–Crippen MR) is 69.7 cm³/mol. The fourth-order valence-corrected chi connectivity index (χ4v) is 2.07. The number of fused-ring (bicyclic) bond motifs is 1. The van der Waals surface area contributed by atoms with E-state index in [0.29, 0.717) is 4.96 Å². The maximum Gasteiger partial charge on any atom is 0.275 e. The van der Waals surface area contributed by atoms with Crippen LogP contribution in [0.25, 0.3) is 4.96 Å². The summed E-state index contributed by atoms with van der Waals surface area (Å²) < 4.78 is 1.32. The van der Waals surface area contributed by atoms with Crippen LogP contribution >= 0.6 is 11.3 Å². The Hall–Kier alpha value is -1.43. The fraction of sp³-hybridized carbons (Fsp3) is 0.545. The minimum Gasteiger partial charge on any atom is -0.357 e. The van der Waals surface area contributed by atoms with Gasteiger partial charge in [-0.1, -0.05) is 32.1 Å². The van der Waals surface area contributed by atoms with Crippen LogP contribution in [0.2, 0.25) is 0 Å². The predicted octanol–water partition coefficient (Wildman–Crippen LogP) is 2.00. The van der Waals surface area contributed by atoms with Crippen LogP contribution in [0.1, 0.15) is 27.7 Å². The molecule has 0 saturated heterocycles. The van der Waals surface area contributed by atoms with Crippen LogP contribution in [-0.2, 0) is 0 Å². The van der Waals surface area contributed by atoms with Gasteiger partial charge in [-0.05, 0) is 12.3 Å². The summed E-state index contributed by atoms with van der Waals surface area (Å²) in [6, 6.07) is 1.67. The smallest absolute Gasteiger partial charge is 0.275 e. The Balaban J connectivity index is 2.32. The summed E-state index contributed by atoms with van der Waals surface area (Å²) >= 11 is 1.39. The summed E-state index contributed by atoms with van der Waals surface area (Å²) in [6.45, 7) is 8.56. The van der Waals surface area contributed by atoms with E-state index in [-0.39, 0.29) is 17.0 Å². The Bertz CT molecular complexity index is 581. The second kappa shape index (κ2) is 4.10. The first-order valence-corrected chi connectivity index (χ1v) is 6.31. The van der Waals surface area contributed by atoms with Crippen molar-refractivity contribution >= 4 is 21.4 Å². The molecule has 0 amide bonds. The molecule has 5 nitrogen and oxygen atoms in total. The maximum absolute atomic E-state index is 11.5. The standard InChI is InChI=1S/C11H16N4OS/c1-7(11(2,3)4)13-9-14-15-8(16)5-6-12-10(15)17-9/h5-7H,1-4H3,(H,13,14). The lowest BCUT2D eigenvalue weighted by Crippen LogP contribution is -2.30.